The van der Waals surface area contributed by atoms with Crippen molar-refractivity contribution < 1.29 is 0 Å². The number of nitrogens with two attached hydrogens (primary N) is 1. The van der Waals surface area contributed by atoms with Crippen LogP contribution in [0.2, 0.25) is 5.02 Å². The van der Waals surface area contributed by atoms with Gasteiger partial charge in [0, 0.05) is 6.54 Å². The highest BCUT2D eigenvalue weighted by Gasteiger charge is 2.17. The molecule has 1 atom stereocenters. The Bertz CT molecular complexity index is 758. The van der Waals surface area contributed by atoms with Gasteiger partial charge in [0.05, 0.1) is 23.0 Å². The topological polar surface area (TPSA) is 43.8 Å². The third kappa shape index (κ3) is 2.67. The van der Waals surface area contributed by atoms with Crippen molar-refractivity contribution in [2.24, 2.45) is 5.73 Å². The molecule has 0 fully saturated rings. The molecular formula is C17H18ClN3. The van der Waals surface area contributed by atoms with Crippen molar-refractivity contribution in [3.8, 4) is 0 Å². The smallest absolute Gasteiger partial charge is 0.0834 e. The molecule has 0 saturated carbocycles. The van der Waals surface area contributed by atoms with Gasteiger partial charge in [-0.25, -0.2) is 0 Å². The number of hydrogen-bond acceptors (Lipinski definition) is 2. The van der Waals surface area contributed by atoms with E-state index in [4.69, 9.17) is 17.3 Å². The second-order valence-corrected chi connectivity index (χ2v) is 5.55. The standard InChI is InChI=1S/C17H18ClN3/c1-2-21-17(15(18)11-20-21)16(19)10-13-8-5-7-12-6-3-4-9-14(12)13/h3-9,11,16H,2,10,19H2,1H3. The molecule has 0 aliphatic rings. The molecule has 108 valence electrons. The molecule has 1 aromatic heterocycles. The van der Waals surface area contributed by atoms with Crippen molar-refractivity contribution in [1.82, 2.24) is 9.78 Å². The molecule has 0 spiro atoms. The molecule has 2 N–H and O–H groups in total. The van der Waals surface area contributed by atoms with Gasteiger partial charge in [0.1, 0.15) is 0 Å². The summed E-state index contributed by atoms with van der Waals surface area (Å²) in [5, 5.41) is 7.39. The molecule has 2 aromatic carbocycles. The lowest BCUT2D eigenvalue weighted by Crippen LogP contribution is -2.18. The first-order chi connectivity index (χ1) is 10.2. The maximum Gasteiger partial charge on any atom is 0.0834 e. The molecular weight excluding hydrogens is 282 g/mol. The summed E-state index contributed by atoms with van der Waals surface area (Å²) in [5.41, 5.74) is 8.54. The van der Waals surface area contributed by atoms with Crippen molar-refractivity contribution in [3.05, 3.63) is 64.9 Å². The van der Waals surface area contributed by atoms with E-state index in [1.165, 1.54) is 16.3 Å². The molecule has 0 amide bonds. The van der Waals surface area contributed by atoms with Gasteiger partial charge in [-0.05, 0) is 29.7 Å². The first-order valence-electron chi connectivity index (χ1n) is 7.14. The first-order valence-corrected chi connectivity index (χ1v) is 7.52. The normalized spacial score (nSPS) is 12.7. The summed E-state index contributed by atoms with van der Waals surface area (Å²) < 4.78 is 1.87. The summed E-state index contributed by atoms with van der Waals surface area (Å²) in [5.74, 6) is 0. The Morgan fingerprint density at radius 2 is 1.95 bits per heavy atom. The molecule has 3 rings (SSSR count). The van der Waals surface area contributed by atoms with Crippen molar-refractivity contribution in [2.75, 3.05) is 0 Å². The number of aromatic nitrogens is 2. The zero-order valence-electron chi connectivity index (χ0n) is 12.0. The lowest BCUT2D eigenvalue weighted by Gasteiger charge is -2.15. The van der Waals surface area contributed by atoms with Crippen LogP contribution in [0.5, 0.6) is 0 Å². The average molecular weight is 300 g/mol. The molecule has 1 unspecified atom stereocenters. The van der Waals surface area contributed by atoms with Crippen molar-refractivity contribution in [2.45, 2.75) is 25.9 Å². The van der Waals surface area contributed by atoms with Crippen LogP contribution in [0.25, 0.3) is 10.8 Å². The Morgan fingerprint density at radius 1 is 1.19 bits per heavy atom. The second kappa shape index (κ2) is 5.88. The fourth-order valence-electron chi connectivity index (χ4n) is 2.80. The number of aryl methyl sites for hydroxylation is 1. The summed E-state index contributed by atoms with van der Waals surface area (Å²) in [6.07, 6.45) is 2.41. The summed E-state index contributed by atoms with van der Waals surface area (Å²) >= 11 is 6.24. The van der Waals surface area contributed by atoms with Crippen molar-refractivity contribution >= 4 is 22.4 Å². The second-order valence-electron chi connectivity index (χ2n) is 5.14. The highest BCUT2D eigenvalue weighted by Crippen LogP contribution is 2.27. The predicted octanol–water partition coefficient (Wildman–Crippen LogP) is 3.95. The summed E-state index contributed by atoms with van der Waals surface area (Å²) in [7, 11) is 0. The van der Waals surface area contributed by atoms with Gasteiger partial charge in [0.15, 0.2) is 0 Å². The summed E-state index contributed by atoms with van der Waals surface area (Å²) in [6.45, 7) is 2.81. The van der Waals surface area contributed by atoms with Gasteiger partial charge in [0.25, 0.3) is 0 Å². The van der Waals surface area contributed by atoms with E-state index in [9.17, 15) is 0 Å². The number of halogens is 1. The fourth-order valence-corrected chi connectivity index (χ4v) is 3.08. The van der Waals surface area contributed by atoms with E-state index in [1.807, 2.05) is 11.6 Å². The van der Waals surface area contributed by atoms with E-state index < -0.39 is 0 Å². The lowest BCUT2D eigenvalue weighted by molar-refractivity contribution is 0.569. The Labute approximate surface area is 129 Å². The van der Waals surface area contributed by atoms with E-state index in [2.05, 4.69) is 47.6 Å². The Hall–Kier alpha value is -1.84. The van der Waals surface area contributed by atoms with Crippen LogP contribution in [0, 0.1) is 0 Å². The van der Waals surface area contributed by atoms with Crippen LogP contribution in [0.15, 0.2) is 48.7 Å². The number of hydrogen-bond donors (Lipinski definition) is 1. The average Bonchev–Trinajstić information content (AvgIpc) is 2.88. The first kappa shape index (κ1) is 14.1. The zero-order chi connectivity index (χ0) is 14.8. The van der Waals surface area contributed by atoms with Crippen LogP contribution in [-0.2, 0) is 13.0 Å². The minimum atomic E-state index is -0.161. The van der Waals surface area contributed by atoms with E-state index in [-0.39, 0.29) is 6.04 Å². The highest BCUT2D eigenvalue weighted by atomic mass is 35.5. The predicted molar refractivity (Wildman–Crippen MR) is 87.5 cm³/mol. The van der Waals surface area contributed by atoms with Gasteiger partial charge in [-0.2, -0.15) is 5.10 Å². The molecule has 0 saturated heterocycles. The minimum absolute atomic E-state index is 0.161. The molecule has 0 aliphatic heterocycles. The van der Waals surface area contributed by atoms with E-state index in [0.717, 1.165) is 18.7 Å². The fraction of sp³-hybridized carbons (Fsp3) is 0.235. The molecule has 0 aliphatic carbocycles. The number of benzene rings is 2. The molecule has 0 radical (unpaired) electrons. The van der Waals surface area contributed by atoms with Crippen LogP contribution in [0.3, 0.4) is 0 Å². The molecule has 0 bridgehead atoms. The van der Waals surface area contributed by atoms with Crippen LogP contribution in [0.4, 0.5) is 0 Å². The van der Waals surface area contributed by atoms with Crippen LogP contribution < -0.4 is 5.73 Å². The summed E-state index contributed by atoms with van der Waals surface area (Å²) in [6, 6.07) is 14.5. The van der Waals surface area contributed by atoms with Crippen molar-refractivity contribution in [1.29, 1.82) is 0 Å². The van der Waals surface area contributed by atoms with Crippen molar-refractivity contribution in [3.63, 3.8) is 0 Å². The third-order valence-corrected chi connectivity index (χ3v) is 4.09. The Kier molecular flexibility index (Phi) is 3.95. The molecule has 3 nitrogen and oxygen atoms in total. The zero-order valence-corrected chi connectivity index (χ0v) is 12.7. The van der Waals surface area contributed by atoms with E-state index in [1.54, 1.807) is 6.20 Å². The van der Waals surface area contributed by atoms with Crippen LogP contribution in [0.1, 0.15) is 24.2 Å². The largest absolute Gasteiger partial charge is 0.322 e. The molecule has 1 heterocycles. The van der Waals surface area contributed by atoms with Gasteiger partial charge in [-0.1, -0.05) is 54.1 Å². The minimum Gasteiger partial charge on any atom is -0.322 e. The van der Waals surface area contributed by atoms with Gasteiger partial charge in [-0.3, -0.25) is 4.68 Å². The van der Waals surface area contributed by atoms with Crippen LogP contribution in [-0.4, -0.2) is 9.78 Å². The van der Waals surface area contributed by atoms with Gasteiger partial charge >= 0.3 is 0 Å². The number of fused-ring (bicyclic) bond motifs is 1. The Morgan fingerprint density at radius 3 is 2.76 bits per heavy atom. The highest BCUT2D eigenvalue weighted by molar-refractivity contribution is 6.31. The molecule has 21 heavy (non-hydrogen) atoms. The quantitative estimate of drug-likeness (QED) is 0.792. The summed E-state index contributed by atoms with van der Waals surface area (Å²) in [4.78, 5) is 0. The van der Waals surface area contributed by atoms with Gasteiger partial charge < -0.3 is 5.73 Å². The maximum absolute atomic E-state index is 6.39. The van der Waals surface area contributed by atoms with E-state index in [0.29, 0.717) is 5.02 Å². The Balaban J connectivity index is 1.96. The number of rotatable bonds is 4. The lowest BCUT2D eigenvalue weighted by atomic mass is 9.98. The van der Waals surface area contributed by atoms with Gasteiger partial charge in [-0.15, -0.1) is 0 Å². The maximum atomic E-state index is 6.39. The SMILES string of the molecule is CCn1ncc(Cl)c1C(N)Cc1cccc2ccccc12. The monoisotopic (exact) mass is 299 g/mol. The molecule has 4 heteroatoms. The van der Waals surface area contributed by atoms with E-state index >= 15 is 0 Å². The van der Waals surface area contributed by atoms with Crippen LogP contribution >= 0.6 is 11.6 Å². The molecule has 3 aromatic rings. The number of nitrogens with zero attached hydrogens (tertiary/aromatic N) is 2. The third-order valence-electron chi connectivity index (χ3n) is 3.80. The van der Waals surface area contributed by atoms with Gasteiger partial charge in [0.2, 0.25) is 0 Å².